The van der Waals surface area contributed by atoms with Crippen molar-refractivity contribution >= 4 is 39.0 Å². The fraction of sp³-hybridized carbons (Fsp3) is 0.278. The van der Waals surface area contributed by atoms with E-state index in [0.717, 1.165) is 5.75 Å². The summed E-state index contributed by atoms with van der Waals surface area (Å²) in [7, 11) is -3.80. The number of anilines is 1. The SMILES string of the molecule is CSCC[C@H](NS(=O)(=O)c1ccc2c(c1)CC(=O)N2)c1nnc2ccccn12. The van der Waals surface area contributed by atoms with E-state index in [2.05, 4.69) is 20.2 Å². The van der Waals surface area contributed by atoms with Gasteiger partial charge in [0, 0.05) is 11.9 Å². The van der Waals surface area contributed by atoms with E-state index in [-0.39, 0.29) is 17.2 Å². The molecule has 3 aromatic rings. The normalized spacial score (nSPS) is 14.8. The lowest BCUT2D eigenvalue weighted by Crippen LogP contribution is -2.30. The average molecular weight is 418 g/mol. The molecule has 0 radical (unpaired) electrons. The lowest BCUT2D eigenvalue weighted by molar-refractivity contribution is -0.115. The van der Waals surface area contributed by atoms with Crippen molar-refractivity contribution in [2.45, 2.75) is 23.8 Å². The molecule has 0 aliphatic carbocycles. The molecule has 1 aliphatic rings. The monoisotopic (exact) mass is 417 g/mol. The number of fused-ring (bicyclic) bond motifs is 2. The van der Waals surface area contributed by atoms with Gasteiger partial charge < -0.3 is 5.32 Å². The zero-order valence-electron chi connectivity index (χ0n) is 15.1. The number of thioether (sulfide) groups is 1. The second-order valence-electron chi connectivity index (χ2n) is 6.49. The van der Waals surface area contributed by atoms with Crippen LogP contribution in [0.2, 0.25) is 0 Å². The maximum Gasteiger partial charge on any atom is 0.241 e. The number of benzene rings is 1. The van der Waals surface area contributed by atoms with Gasteiger partial charge in [-0.15, -0.1) is 10.2 Å². The number of carbonyl (C=O) groups is 1. The van der Waals surface area contributed by atoms with Crippen LogP contribution in [0.3, 0.4) is 0 Å². The van der Waals surface area contributed by atoms with Crippen molar-refractivity contribution in [3.63, 3.8) is 0 Å². The maximum atomic E-state index is 13.0. The van der Waals surface area contributed by atoms with Crippen molar-refractivity contribution < 1.29 is 13.2 Å². The van der Waals surface area contributed by atoms with E-state index in [1.54, 1.807) is 28.3 Å². The highest BCUT2D eigenvalue weighted by atomic mass is 32.2. The van der Waals surface area contributed by atoms with E-state index in [1.165, 1.54) is 6.07 Å². The quantitative estimate of drug-likeness (QED) is 0.609. The van der Waals surface area contributed by atoms with Crippen molar-refractivity contribution in [2.24, 2.45) is 0 Å². The molecule has 1 aromatic carbocycles. The predicted molar refractivity (Wildman–Crippen MR) is 108 cm³/mol. The van der Waals surface area contributed by atoms with E-state index >= 15 is 0 Å². The fourth-order valence-electron chi connectivity index (χ4n) is 3.20. The molecule has 0 saturated heterocycles. The first-order valence-corrected chi connectivity index (χ1v) is 11.6. The molecule has 8 nitrogen and oxygen atoms in total. The van der Waals surface area contributed by atoms with Gasteiger partial charge in [-0.05, 0) is 54.3 Å². The second-order valence-corrected chi connectivity index (χ2v) is 9.19. The van der Waals surface area contributed by atoms with Crippen LogP contribution in [0.15, 0.2) is 47.5 Å². The third kappa shape index (κ3) is 3.62. The molecule has 0 unspecified atom stereocenters. The molecule has 3 heterocycles. The van der Waals surface area contributed by atoms with Crippen molar-refractivity contribution in [3.8, 4) is 0 Å². The van der Waals surface area contributed by atoms with Gasteiger partial charge in [0.05, 0.1) is 17.4 Å². The Labute approximate surface area is 166 Å². The van der Waals surface area contributed by atoms with Gasteiger partial charge in [0.2, 0.25) is 15.9 Å². The minimum absolute atomic E-state index is 0.130. The van der Waals surface area contributed by atoms with Crippen molar-refractivity contribution in [3.05, 3.63) is 54.0 Å². The second kappa shape index (κ2) is 7.53. The molecule has 0 saturated carbocycles. The van der Waals surface area contributed by atoms with Crippen LogP contribution in [0.5, 0.6) is 0 Å². The zero-order chi connectivity index (χ0) is 19.7. The molecular formula is C18H19N5O3S2. The van der Waals surface area contributed by atoms with E-state index in [4.69, 9.17) is 0 Å². The van der Waals surface area contributed by atoms with Gasteiger partial charge in [-0.3, -0.25) is 9.20 Å². The molecule has 4 rings (SSSR count). The largest absolute Gasteiger partial charge is 0.326 e. The lowest BCUT2D eigenvalue weighted by Gasteiger charge is -2.17. The first kappa shape index (κ1) is 18.9. The number of sulfonamides is 1. The molecule has 1 aliphatic heterocycles. The number of carbonyl (C=O) groups excluding carboxylic acids is 1. The smallest absolute Gasteiger partial charge is 0.241 e. The van der Waals surface area contributed by atoms with Crippen LogP contribution in [-0.4, -0.2) is 40.9 Å². The van der Waals surface area contributed by atoms with Crippen LogP contribution < -0.4 is 10.0 Å². The molecule has 1 atom stereocenters. The van der Waals surface area contributed by atoms with E-state index in [0.29, 0.717) is 29.1 Å². The van der Waals surface area contributed by atoms with Gasteiger partial charge in [-0.2, -0.15) is 11.8 Å². The van der Waals surface area contributed by atoms with Gasteiger partial charge in [0.25, 0.3) is 0 Å². The molecule has 2 aromatic heterocycles. The molecule has 28 heavy (non-hydrogen) atoms. The summed E-state index contributed by atoms with van der Waals surface area (Å²) in [5.74, 6) is 1.17. The number of pyridine rings is 1. The number of nitrogens with one attached hydrogen (secondary N) is 2. The molecule has 146 valence electrons. The minimum atomic E-state index is -3.80. The minimum Gasteiger partial charge on any atom is -0.326 e. The zero-order valence-corrected chi connectivity index (χ0v) is 16.8. The third-order valence-electron chi connectivity index (χ3n) is 4.57. The molecule has 2 N–H and O–H groups in total. The maximum absolute atomic E-state index is 13.0. The number of rotatable bonds is 7. The fourth-order valence-corrected chi connectivity index (χ4v) is 4.95. The van der Waals surface area contributed by atoms with Crippen molar-refractivity contribution in [1.82, 2.24) is 19.3 Å². The summed E-state index contributed by atoms with van der Waals surface area (Å²) in [4.78, 5) is 11.7. The Morgan fingerprint density at radius 1 is 1.29 bits per heavy atom. The number of amides is 1. The van der Waals surface area contributed by atoms with Crippen LogP contribution in [0.4, 0.5) is 5.69 Å². The molecule has 10 heteroatoms. The van der Waals surface area contributed by atoms with Crippen LogP contribution in [0.25, 0.3) is 5.65 Å². The Morgan fingerprint density at radius 2 is 2.14 bits per heavy atom. The van der Waals surface area contributed by atoms with E-state index < -0.39 is 16.1 Å². The Kier molecular flexibility index (Phi) is 5.09. The predicted octanol–water partition coefficient (Wildman–Crippen LogP) is 2.00. The highest BCUT2D eigenvalue weighted by Gasteiger charge is 2.27. The highest BCUT2D eigenvalue weighted by Crippen LogP contribution is 2.27. The Balaban J connectivity index is 1.66. The third-order valence-corrected chi connectivity index (χ3v) is 6.69. The van der Waals surface area contributed by atoms with E-state index in [1.807, 2.05) is 30.7 Å². The van der Waals surface area contributed by atoms with Crippen LogP contribution in [0, 0.1) is 0 Å². The molecular weight excluding hydrogens is 398 g/mol. The number of aromatic nitrogens is 3. The molecule has 1 amide bonds. The Hall–Kier alpha value is -2.43. The number of hydrogen-bond donors (Lipinski definition) is 2. The van der Waals surface area contributed by atoms with Gasteiger partial charge in [0.1, 0.15) is 0 Å². The summed E-state index contributed by atoms with van der Waals surface area (Å²) >= 11 is 1.63. The first-order valence-electron chi connectivity index (χ1n) is 8.71. The van der Waals surface area contributed by atoms with E-state index in [9.17, 15) is 13.2 Å². The first-order chi connectivity index (χ1) is 13.5. The molecule has 0 fully saturated rings. The van der Waals surface area contributed by atoms with Crippen LogP contribution >= 0.6 is 11.8 Å². The summed E-state index contributed by atoms with van der Waals surface area (Å²) < 4.78 is 30.6. The summed E-state index contributed by atoms with van der Waals surface area (Å²) in [5, 5.41) is 11.1. The van der Waals surface area contributed by atoms with Crippen molar-refractivity contribution in [2.75, 3.05) is 17.3 Å². The Bertz CT molecular complexity index is 1140. The average Bonchev–Trinajstić information content (AvgIpc) is 3.26. The van der Waals surface area contributed by atoms with Gasteiger partial charge in [0.15, 0.2) is 11.5 Å². The molecule has 0 bridgehead atoms. The highest BCUT2D eigenvalue weighted by molar-refractivity contribution is 7.98. The summed E-state index contributed by atoms with van der Waals surface area (Å²) in [5.41, 5.74) is 2.00. The van der Waals surface area contributed by atoms with Gasteiger partial charge >= 0.3 is 0 Å². The number of nitrogens with zero attached hydrogens (tertiary/aromatic N) is 3. The number of hydrogen-bond acceptors (Lipinski definition) is 6. The Morgan fingerprint density at radius 3 is 2.96 bits per heavy atom. The summed E-state index contributed by atoms with van der Waals surface area (Å²) in [6.45, 7) is 0. The standard InChI is InChI=1S/C18H19N5O3S2/c1-27-9-7-15(18-21-20-16-4-2-3-8-23(16)18)22-28(25,26)13-5-6-14-12(10-13)11-17(24)19-14/h2-6,8,10,15,22H,7,9,11H2,1H3,(H,19,24)/t15-/m0/s1. The van der Waals surface area contributed by atoms with Crippen molar-refractivity contribution in [1.29, 1.82) is 0 Å². The summed E-state index contributed by atoms with van der Waals surface area (Å²) in [6.07, 6.45) is 4.54. The van der Waals surface area contributed by atoms with Crippen LogP contribution in [0.1, 0.15) is 23.9 Å². The topological polar surface area (TPSA) is 105 Å². The van der Waals surface area contributed by atoms with Crippen LogP contribution in [-0.2, 0) is 21.2 Å². The van der Waals surface area contributed by atoms with Gasteiger partial charge in [-0.1, -0.05) is 6.07 Å². The van der Waals surface area contributed by atoms with Gasteiger partial charge in [-0.25, -0.2) is 13.1 Å². The summed E-state index contributed by atoms with van der Waals surface area (Å²) in [6, 6.07) is 9.67. The lowest BCUT2D eigenvalue weighted by atomic mass is 10.2. The molecule has 0 spiro atoms.